The van der Waals surface area contributed by atoms with E-state index in [9.17, 15) is 10.1 Å². The van der Waals surface area contributed by atoms with Gasteiger partial charge in [-0.05, 0) is 18.1 Å². The summed E-state index contributed by atoms with van der Waals surface area (Å²) in [7, 11) is 2.85. The van der Waals surface area contributed by atoms with Crippen LogP contribution in [-0.2, 0) is 6.42 Å². The molecule has 1 aliphatic heterocycles. The SMILES string of the molecule is COc1cc(C2=NCCc3ccccc32)cc([N+](=O)[O-])c1OC. The van der Waals surface area contributed by atoms with E-state index in [4.69, 9.17) is 9.47 Å². The third kappa shape index (κ3) is 2.63. The first kappa shape index (κ1) is 15.0. The molecule has 1 heterocycles. The van der Waals surface area contributed by atoms with E-state index < -0.39 is 4.92 Å². The fraction of sp³-hybridized carbons (Fsp3) is 0.235. The first-order valence-electron chi connectivity index (χ1n) is 7.19. The Morgan fingerprint density at radius 1 is 1.17 bits per heavy atom. The van der Waals surface area contributed by atoms with Crippen molar-refractivity contribution in [2.45, 2.75) is 6.42 Å². The van der Waals surface area contributed by atoms with Gasteiger partial charge in [-0.3, -0.25) is 15.1 Å². The van der Waals surface area contributed by atoms with Gasteiger partial charge in [-0.2, -0.15) is 0 Å². The summed E-state index contributed by atoms with van der Waals surface area (Å²) in [6, 6.07) is 11.2. The summed E-state index contributed by atoms with van der Waals surface area (Å²) >= 11 is 0. The van der Waals surface area contributed by atoms with Crippen molar-refractivity contribution in [2.75, 3.05) is 20.8 Å². The number of hydrogen-bond acceptors (Lipinski definition) is 5. The van der Waals surface area contributed by atoms with Crippen molar-refractivity contribution in [3.8, 4) is 11.5 Å². The van der Waals surface area contributed by atoms with E-state index in [-0.39, 0.29) is 11.4 Å². The second-order valence-electron chi connectivity index (χ2n) is 5.13. The molecule has 2 aromatic rings. The molecule has 0 N–H and O–H groups in total. The van der Waals surface area contributed by atoms with Gasteiger partial charge in [0.15, 0.2) is 5.75 Å². The van der Waals surface area contributed by atoms with Crippen molar-refractivity contribution in [3.05, 3.63) is 63.2 Å². The molecule has 0 aromatic heterocycles. The predicted molar refractivity (Wildman–Crippen MR) is 86.9 cm³/mol. The number of rotatable bonds is 4. The standard InChI is InChI=1S/C17H16N2O4/c1-22-15-10-12(9-14(19(20)21)17(15)23-2)16-13-6-4-3-5-11(13)7-8-18-16/h3-6,9-10H,7-8H2,1-2H3. The average molecular weight is 312 g/mol. The van der Waals surface area contributed by atoms with Gasteiger partial charge in [-0.1, -0.05) is 24.3 Å². The molecule has 0 amide bonds. The minimum atomic E-state index is -0.472. The zero-order chi connectivity index (χ0) is 16.4. The lowest BCUT2D eigenvalue weighted by molar-refractivity contribution is -0.385. The average Bonchev–Trinajstić information content (AvgIpc) is 2.59. The van der Waals surface area contributed by atoms with E-state index in [1.165, 1.54) is 25.8 Å². The molecule has 6 nitrogen and oxygen atoms in total. The van der Waals surface area contributed by atoms with Crippen LogP contribution in [0.1, 0.15) is 16.7 Å². The lowest BCUT2D eigenvalue weighted by Crippen LogP contribution is -2.14. The number of ether oxygens (including phenoxy) is 2. The summed E-state index contributed by atoms with van der Waals surface area (Å²) in [4.78, 5) is 15.5. The van der Waals surface area contributed by atoms with Crippen molar-refractivity contribution in [2.24, 2.45) is 4.99 Å². The summed E-state index contributed by atoms with van der Waals surface area (Å²) in [6.07, 6.45) is 0.870. The Kier molecular flexibility index (Phi) is 3.97. The maximum absolute atomic E-state index is 11.4. The quantitative estimate of drug-likeness (QED) is 0.642. The van der Waals surface area contributed by atoms with Crippen molar-refractivity contribution in [1.82, 2.24) is 0 Å². The molecule has 3 rings (SSSR count). The minimum Gasteiger partial charge on any atom is -0.493 e. The highest BCUT2D eigenvalue weighted by atomic mass is 16.6. The molecule has 0 saturated carbocycles. The molecular formula is C17H16N2O4. The molecule has 118 valence electrons. The van der Waals surface area contributed by atoms with Gasteiger partial charge in [0.2, 0.25) is 5.75 Å². The van der Waals surface area contributed by atoms with E-state index in [0.29, 0.717) is 17.9 Å². The summed E-state index contributed by atoms with van der Waals surface area (Å²) in [5, 5.41) is 11.4. The Hall–Kier alpha value is -2.89. The van der Waals surface area contributed by atoms with Gasteiger partial charge in [0.1, 0.15) is 0 Å². The van der Waals surface area contributed by atoms with Crippen LogP contribution in [0, 0.1) is 10.1 Å². The Morgan fingerprint density at radius 3 is 2.65 bits per heavy atom. The van der Waals surface area contributed by atoms with Crippen LogP contribution in [-0.4, -0.2) is 31.4 Å². The summed E-state index contributed by atoms with van der Waals surface area (Å²) in [5.74, 6) is 0.438. The molecule has 23 heavy (non-hydrogen) atoms. The Balaban J connectivity index is 2.19. The van der Waals surface area contributed by atoms with E-state index in [0.717, 1.165) is 17.7 Å². The zero-order valence-corrected chi connectivity index (χ0v) is 12.9. The normalized spacial score (nSPS) is 13.0. The van der Waals surface area contributed by atoms with E-state index >= 15 is 0 Å². The smallest absolute Gasteiger partial charge is 0.315 e. The minimum absolute atomic E-state index is 0.117. The number of benzene rings is 2. The number of aliphatic imine (C=N–C) groups is 1. The van der Waals surface area contributed by atoms with Crippen molar-refractivity contribution in [3.63, 3.8) is 0 Å². The first-order valence-corrected chi connectivity index (χ1v) is 7.19. The third-order valence-electron chi connectivity index (χ3n) is 3.85. The Labute approximate surface area is 133 Å². The van der Waals surface area contributed by atoms with Crippen LogP contribution in [0.25, 0.3) is 0 Å². The van der Waals surface area contributed by atoms with Gasteiger partial charge in [0, 0.05) is 23.7 Å². The van der Waals surface area contributed by atoms with Crippen molar-refractivity contribution >= 4 is 11.4 Å². The molecule has 0 fully saturated rings. The first-order chi connectivity index (χ1) is 11.2. The molecule has 0 aliphatic carbocycles. The van der Waals surface area contributed by atoms with E-state index in [1.54, 1.807) is 6.07 Å². The van der Waals surface area contributed by atoms with Crippen LogP contribution < -0.4 is 9.47 Å². The number of nitro groups is 1. The van der Waals surface area contributed by atoms with Gasteiger partial charge in [0.05, 0.1) is 24.9 Å². The maximum atomic E-state index is 11.4. The third-order valence-corrected chi connectivity index (χ3v) is 3.85. The van der Waals surface area contributed by atoms with Gasteiger partial charge < -0.3 is 9.47 Å². The second-order valence-corrected chi connectivity index (χ2v) is 5.13. The maximum Gasteiger partial charge on any atom is 0.315 e. The Morgan fingerprint density at radius 2 is 1.96 bits per heavy atom. The lowest BCUT2D eigenvalue weighted by atomic mass is 9.93. The van der Waals surface area contributed by atoms with Crippen LogP contribution in [0.15, 0.2) is 41.4 Å². The van der Waals surface area contributed by atoms with Gasteiger partial charge in [-0.15, -0.1) is 0 Å². The highest BCUT2D eigenvalue weighted by molar-refractivity contribution is 6.15. The number of nitrogens with zero attached hydrogens (tertiary/aromatic N) is 2. The molecule has 0 radical (unpaired) electrons. The summed E-state index contributed by atoms with van der Waals surface area (Å²) in [6.45, 7) is 0.661. The molecule has 0 unspecified atom stereocenters. The molecule has 6 heteroatoms. The largest absolute Gasteiger partial charge is 0.493 e. The number of fused-ring (bicyclic) bond motifs is 1. The van der Waals surface area contributed by atoms with Crippen molar-refractivity contribution < 1.29 is 14.4 Å². The van der Waals surface area contributed by atoms with Gasteiger partial charge in [-0.25, -0.2) is 0 Å². The highest BCUT2D eigenvalue weighted by Gasteiger charge is 2.25. The monoisotopic (exact) mass is 312 g/mol. The van der Waals surface area contributed by atoms with Crippen LogP contribution in [0.5, 0.6) is 11.5 Å². The fourth-order valence-corrected chi connectivity index (χ4v) is 2.81. The number of methoxy groups -OCH3 is 2. The predicted octanol–water partition coefficient (Wildman–Crippen LogP) is 3.01. The Bertz CT molecular complexity index is 799. The summed E-state index contributed by atoms with van der Waals surface area (Å²) in [5.41, 5.74) is 3.46. The van der Waals surface area contributed by atoms with Crippen LogP contribution in [0.3, 0.4) is 0 Å². The highest BCUT2D eigenvalue weighted by Crippen LogP contribution is 2.39. The van der Waals surface area contributed by atoms with Gasteiger partial charge >= 0.3 is 5.69 Å². The van der Waals surface area contributed by atoms with Crippen LogP contribution >= 0.6 is 0 Å². The molecule has 2 aromatic carbocycles. The number of hydrogen-bond donors (Lipinski definition) is 0. The molecule has 1 aliphatic rings. The topological polar surface area (TPSA) is 74.0 Å². The molecular weight excluding hydrogens is 296 g/mol. The second kappa shape index (κ2) is 6.08. The zero-order valence-electron chi connectivity index (χ0n) is 12.9. The summed E-state index contributed by atoms with van der Waals surface area (Å²) < 4.78 is 10.4. The molecule has 0 atom stereocenters. The van der Waals surface area contributed by atoms with Gasteiger partial charge in [0.25, 0.3) is 0 Å². The molecule has 0 spiro atoms. The lowest BCUT2D eigenvalue weighted by Gasteiger charge is -2.18. The van der Waals surface area contributed by atoms with Crippen molar-refractivity contribution in [1.29, 1.82) is 0 Å². The van der Waals surface area contributed by atoms with Crippen LogP contribution in [0.4, 0.5) is 5.69 Å². The fourth-order valence-electron chi connectivity index (χ4n) is 2.81. The van der Waals surface area contributed by atoms with E-state index in [2.05, 4.69) is 11.1 Å². The van der Waals surface area contributed by atoms with Crippen LogP contribution in [0.2, 0.25) is 0 Å². The molecule has 0 saturated heterocycles. The van der Waals surface area contributed by atoms with E-state index in [1.807, 2.05) is 18.2 Å². The molecule has 0 bridgehead atoms. The number of nitro benzene ring substituents is 1.